The van der Waals surface area contributed by atoms with Gasteiger partial charge in [-0.15, -0.1) is 10.2 Å². The largest absolute Gasteiger partial charge is 0.451 e. The summed E-state index contributed by atoms with van der Waals surface area (Å²) in [6, 6.07) is 11.7. The summed E-state index contributed by atoms with van der Waals surface area (Å²) in [6.07, 6.45) is 0. The van der Waals surface area contributed by atoms with Gasteiger partial charge in [-0.05, 0) is 36.8 Å². The molecular weight excluding hydrogens is 421 g/mol. The highest BCUT2D eigenvalue weighted by molar-refractivity contribution is 8.00. The maximum Gasteiger partial charge on any atom is 0.293 e. The minimum Gasteiger partial charge on any atom is -0.451 e. The number of furan rings is 1. The Morgan fingerprint density at radius 3 is 2.93 bits per heavy atom. The number of hydrogen-bond donors (Lipinski definition) is 1. The summed E-state index contributed by atoms with van der Waals surface area (Å²) < 4.78 is 19.7. The lowest BCUT2D eigenvalue weighted by molar-refractivity contribution is 0.0998. The van der Waals surface area contributed by atoms with Crippen LogP contribution in [0.25, 0.3) is 11.0 Å². The van der Waals surface area contributed by atoms with Crippen molar-refractivity contribution in [2.45, 2.75) is 17.0 Å². The first-order valence-corrected chi connectivity index (χ1v) is 10.4. The SMILES string of the molecule is Cc1c(C(=O)Nc2nnc(SCc3ccccc3Cl)s2)oc2ccc(F)cc12. The van der Waals surface area contributed by atoms with Crippen molar-refractivity contribution in [1.29, 1.82) is 0 Å². The molecule has 5 nitrogen and oxygen atoms in total. The number of halogens is 2. The van der Waals surface area contributed by atoms with Crippen LogP contribution in [0.2, 0.25) is 5.02 Å². The smallest absolute Gasteiger partial charge is 0.293 e. The van der Waals surface area contributed by atoms with Crippen LogP contribution in [0, 0.1) is 12.7 Å². The lowest BCUT2D eigenvalue weighted by Crippen LogP contribution is -2.11. The zero-order valence-electron chi connectivity index (χ0n) is 14.5. The highest BCUT2D eigenvalue weighted by atomic mass is 35.5. The van der Waals surface area contributed by atoms with Crippen molar-refractivity contribution >= 4 is 56.7 Å². The number of carbonyl (C=O) groups is 1. The number of thioether (sulfide) groups is 1. The Kier molecular flexibility index (Phi) is 5.34. The van der Waals surface area contributed by atoms with E-state index in [1.165, 1.54) is 41.3 Å². The molecule has 0 saturated heterocycles. The Morgan fingerprint density at radius 1 is 1.29 bits per heavy atom. The summed E-state index contributed by atoms with van der Waals surface area (Å²) in [6.45, 7) is 1.71. The molecule has 0 spiro atoms. The molecule has 0 atom stereocenters. The first kappa shape index (κ1) is 18.9. The average molecular weight is 434 g/mol. The van der Waals surface area contributed by atoms with Crippen LogP contribution in [0.3, 0.4) is 0 Å². The Labute approximate surface area is 172 Å². The number of carbonyl (C=O) groups excluding carboxylic acids is 1. The van der Waals surface area contributed by atoms with E-state index in [0.29, 0.717) is 36.8 Å². The molecule has 28 heavy (non-hydrogen) atoms. The van der Waals surface area contributed by atoms with Gasteiger partial charge in [0.2, 0.25) is 5.13 Å². The summed E-state index contributed by atoms with van der Waals surface area (Å²) >= 11 is 8.90. The van der Waals surface area contributed by atoms with Crippen molar-refractivity contribution in [3.63, 3.8) is 0 Å². The van der Waals surface area contributed by atoms with Gasteiger partial charge in [0.1, 0.15) is 11.4 Å². The quantitative estimate of drug-likeness (QED) is 0.312. The van der Waals surface area contributed by atoms with Crippen molar-refractivity contribution in [2.75, 3.05) is 5.32 Å². The molecule has 9 heteroatoms. The predicted molar refractivity (Wildman–Crippen MR) is 110 cm³/mol. The topological polar surface area (TPSA) is 68.0 Å². The number of anilines is 1. The first-order valence-electron chi connectivity index (χ1n) is 8.21. The monoisotopic (exact) mass is 433 g/mol. The molecule has 0 aliphatic heterocycles. The maximum absolute atomic E-state index is 13.4. The van der Waals surface area contributed by atoms with Crippen molar-refractivity contribution < 1.29 is 13.6 Å². The van der Waals surface area contributed by atoms with Crippen LogP contribution in [0.4, 0.5) is 9.52 Å². The summed E-state index contributed by atoms with van der Waals surface area (Å²) in [7, 11) is 0. The predicted octanol–water partition coefficient (Wildman–Crippen LogP) is 5.93. The highest BCUT2D eigenvalue weighted by Crippen LogP contribution is 2.31. The maximum atomic E-state index is 13.4. The number of aromatic nitrogens is 2. The van der Waals surface area contributed by atoms with E-state index in [9.17, 15) is 9.18 Å². The van der Waals surface area contributed by atoms with Gasteiger partial charge in [-0.1, -0.05) is 52.9 Å². The van der Waals surface area contributed by atoms with Gasteiger partial charge in [0.25, 0.3) is 5.91 Å². The van der Waals surface area contributed by atoms with Crippen LogP contribution in [0.5, 0.6) is 0 Å². The number of rotatable bonds is 5. The highest BCUT2D eigenvalue weighted by Gasteiger charge is 2.19. The van der Waals surface area contributed by atoms with Crippen LogP contribution >= 0.6 is 34.7 Å². The van der Waals surface area contributed by atoms with E-state index in [-0.39, 0.29) is 11.6 Å². The third kappa shape index (κ3) is 3.89. The molecule has 4 aromatic rings. The zero-order chi connectivity index (χ0) is 19.7. The molecule has 2 heterocycles. The number of hydrogen-bond acceptors (Lipinski definition) is 6. The zero-order valence-corrected chi connectivity index (χ0v) is 16.9. The minimum absolute atomic E-state index is 0.126. The van der Waals surface area contributed by atoms with E-state index in [4.69, 9.17) is 16.0 Å². The Bertz CT molecular complexity index is 1180. The van der Waals surface area contributed by atoms with E-state index >= 15 is 0 Å². The van der Waals surface area contributed by atoms with Gasteiger partial charge in [-0.2, -0.15) is 0 Å². The van der Waals surface area contributed by atoms with E-state index < -0.39 is 5.91 Å². The van der Waals surface area contributed by atoms with Gasteiger partial charge >= 0.3 is 0 Å². The molecule has 0 radical (unpaired) electrons. The number of amides is 1. The van der Waals surface area contributed by atoms with Crippen molar-refractivity contribution in [1.82, 2.24) is 10.2 Å². The van der Waals surface area contributed by atoms with Crippen molar-refractivity contribution in [3.8, 4) is 0 Å². The lowest BCUT2D eigenvalue weighted by Gasteiger charge is -2.00. The molecule has 142 valence electrons. The molecule has 0 bridgehead atoms. The van der Waals surface area contributed by atoms with Crippen LogP contribution in [0.15, 0.2) is 51.2 Å². The fourth-order valence-corrected chi connectivity index (χ4v) is 4.67. The molecule has 0 aliphatic carbocycles. The Balaban J connectivity index is 1.46. The van der Waals surface area contributed by atoms with Crippen LogP contribution in [-0.2, 0) is 5.75 Å². The fraction of sp³-hybridized carbons (Fsp3) is 0.105. The van der Waals surface area contributed by atoms with Crippen LogP contribution < -0.4 is 5.32 Å². The second-order valence-corrected chi connectivity index (χ2v) is 8.51. The second-order valence-electron chi connectivity index (χ2n) is 5.90. The molecule has 1 amide bonds. The fourth-order valence-electron chi connectivity index (χ4n) is 2.64. The third-order valence-electron chi connectivity index (χ3n) is 4.04. The summed E-state index contributed by atoms with van der Waals surface area (Å²) in [5, 5.41) is 12.4. The van der Waals surface area contributed by atoms with Gasteiger partial charge in [-0.3, -0.25) is 10.1 Å². The number of nitrogens with one attached hydrogen (secondary N) is 1. The normalized spacial score (nSPS) is 11.1. The average Bonchev–Trinajstić information content (AvgIpc) is 3.25. The third-order valence-corrected chi connectivity index (χ3v) is 6.43. The van der Waals surface area contributed by atoms with E-state index in [1.807, 2.05) is 24.3 Å². The Hall–Kier alpha value is -2.42. The van der Waals surface area contributed by atoms with Crippen molar-refractivity contribution in [2.24, 2.45) is 0 Å². The van der Waals surface area contributed by atoms with Gasteiger partial charge in [0, 0.05) is 21.7 Å². The molecule has 0 unspecified atom stereocenters. The summed E-state index contributed by atoms with van der Waals surface area (Å²) in [5.41, 5.74) is 2.03. The molecule has 0 aliphatic rings. The number of fused-ring (bicyclic) bond motifs is 1. The molecule has 4 rings (SSSR count). The van der Waals surface area contributed by atoms with Crippen LogP contribution in [-0.4, -0.2) is 16.1 Å². The van der Waals surface area contributed by atoms with Crippen molar-refractivity contribution in [3.05, 3.63) is 70.2 Å². The minimum atomic E-state index is -0.451. The number of aryl methyl sites for hydroxylation is 1. The molecular formula is C19H13ClFN3O2S2. The standard InChI is InChI=1S/C19H13ClFN3O2S2/c1-10-13-8-12(21)6-7-15(13)26-16(10)17(25)22-18-23-24-19(28-18)27-9-11-4-2-3-5-14(11)20/h2-8H,9H2,1H3,(H,22,23,25). The van der Waals surface area contributed by atoms with Crippen LogP contribution in [0.1, 0.15) is 21.7 Å². The molecule has 0 saturated carbocycles. The molecule has 0 fully saturated rings. The lowest BCUT2D eigenvalue weighted by atomic mass is 10.1. The first-order chi connectivity index (χ1) is 13.5. The molecule has 2 aromatic carbocycles. The summed E-state index contributed by atoms with van der Waals surface area (Å²) in [4.78, 5) is 12.5. The van der Waals surface area contributed by atoms with E-state index in [0.717, 1.165) is 5.56 Å². The van der Waals surface area contributed by atoms with Gasteiger partial charge in [0.15, 0.2) is 10.1 Å². The van der Waals surface area contributed by atoms with Gasteiger partial charge in [0.05, 0.1) is 0 Å². The summed E-state index contributed by atoms with van der Waals surface area (Å²) in [5.74, 6) is -0.0575. The molecule has 1 N–H and O–H groups in total. The number of benzene rings is 2. The number of nitrogens with zero attached hydrogens (tertiary/aromatic N) is 2. The van der Waals surface area contributed by atoms with Gasteiger partial charge < -0.3 is 4.42 Å². The molecule has 2 aromatic heterocycles. The second kappa shape index (κ2) is 7.90. The van der Waals surface area contributed by atoms with Gasteiger partial charge in [-0.25, -0.2) is 4.39 Å². The Morgan fingerprint density at radius 2 is 2.11 bits per heavy atom. The van der Waals surface area contributed by atoms with E-state index in [1.54, 1.807) is 6.92 Å². The van der Waals surface area contributed by atoms with E-state index in [2.05, 4.69) is 15.5 Å².